The van der Waals surface area contributed by atoms with E-state index < -0.39 is 11.7 Å². The summed E-state index contributed by atoms with van der Waals surface area (Å²) in [6.45, 7) is 0. The Morgan fingerprint density at radius 2 is 2.00 bits per heavy atom. The molecule has 0 unspecified atom stereocenters. The van der Waals surface area contributed by atoms with Gasteiger partial charge in [-0.2, -0.15) is 0 Å². The van der Waals surface area contributed by atoms with Gasteiger partial charge in [0.2, 0.25) is 0 Å². The van der Waals surface area contributed by atoms with Gasteiger partial charge < -0.3 is 16.2 Å². The molecule has 4 N–H and O–H groups in total. The molecule has 6 heteroatoms. The Balaban J connectivity index is 2.25. The molecule has 2 rings (SSSR count). The number of hydrogen-bond donors (Lipinski definition) is 3. The number of phenolic OH excluding ortho intramolecular Hbond substituents is 1. The van der Waals surface area contributed by atoms with E-state index in [1.165, 1.54) is 30.3 Å². The number of nitrogens with one attached hydrogen (secondary N) is 1. The number of rotatable bonds is 2. The first kappa shape index (κ1) is 13.2. The van der Waals surface area contributed by atoms with Crippen molar-refractivity contribution >= 4 is 28.9 Å². The summed E-state index contributed by atoms with van der Waals surface area (Å²) in [5.74, 6) is -1.33. The molecule has 0 radical (unpaired) electrons. The first-order valence-electron chi connectivity index (χ1n) is 5.32. The molecule has 98 valence electrons. The highest BCUT2D eigenvalue weighted by molar-refractivity contribution is 6.31. The molecule has 0 bridgehead atoms. The lowest BCUT2D eigenvalue weighted by Gasteiger charge is -2.08. The van der Waals surface area contributed by atoms with Gasteiger partial charge in [0.1, 0.15) is 11.6 Å². The van der Waals surface area contributed by atoms with Crippen LogP contribution in [0.25, 0.3) is 0 Å². The summed E-state index contributed by atoms with van der Waals surface area (Å²) in [6.07, 6.45) is 0. The molecular weight excluding hydrogens is 271 g/mol. The van der Waals surface area contributed by atoms with E-state index in [9.17, 15) is 14.3 Å². The van der Waals surface area contributed by atoms with Crippen molar-refractivity contribution in [1.82, 2.24) is 0 Å². The Morgan fingerprint density at radius 1 is 1.26 bits per heavy atom. The molecule has 0 heterocycles. The van der Waals surface area contributed by atoms with E-state index in [0.717, 1.165) is 6.07 Å². The van der Waals surface area contributed by atoms with Crippen LogP contribution in [0.3, 0.4) is 0 Å². The van der Waals surface area contributed by atoms with Crippen LogP contribution in [-0.2, 0) is 0 Å². The van der Waals surface area contributed by atoms with Gasteiger partial charge in [-0.15, -0.1) is 0 Å². The minimum Gasteiger partial charge on any atom is -0.507 e. The lowest BCUT2D eigenvalue weighted by atomic mass is 10.1. The molecule has 0 aliphatic heterocycles. The van der Waals surface area contributed by atoms with Gasteiger partial charge in [0.05, 0.1) is 10.6 Å². The van der Waals surface area contributed by atoms with Crippen molar-refractivity contribution in [1.29, 1.82) is 0 Å². The summed E-state index contributed by atoms with van der Waals surface area (Å²) in [5, 5.41) is 12.0. The smallest absolute Gasteiger partial charge is 0.259 e. The number of phenols is 1. The number of aromatic hydroxyl groups is 1. The first-order valence-corrected chi connectivity index (χ1v) is 5.70. The number of carbonyl (C=O) groups is 1. The summed E-state index contributed by atoms with van der Waals surface area (Å²) in [7, 11) is 0. The minimum absolute atomic E-state index is 0.0282. The Hall–Kier alpha value is -2.27. The first-order chi connectivity index (χ1) is 8.97. The van der Waals surface area contributed by atoms with E-state index >= 15 is 0 Å². The fourth-order valence-electron chi connectivity index (χ4n) is 1.51. The molecule has 0 aromatic heterocycles. The molecular formula is C13H10ClFN2O2. The van der Waals surface area contributed by atoms with Crippen LogP contribution in [0.1, 0.15) is 10.4 Å². The van der Waals surface area contributed by atoms with E-state index in [0.29, 0.717) is 11.4 Å². The maximum absolute atomic E-state index is 13.0. The van der Waals surface area contributed by atoms with Gasteiger partial charge in [0, 0.05) is 11.4 Å². The van der Waals surface area contributed by atoms with Crippen molar-refractivity contribution in [3.63, 3.8) is 0 Å². The van der Waals surface area contributed by atoms with Crippen molar-refractivity contribution in [2.75, 3.05) is 11.1 Å². The van der Waals surface area contributed by atoms with Crippen LogP contribution in [0, 0.1) is 5.82 Å². The maximum atomic E-state index is 13.0. The maximum Gasteiger partial charge on any atom is 0.259 e. The van der Waals surface area contributed by atoms with Crippen LogP contribution in [-0.4, -0.2) is 11.0 Å². The summed E-state index contributed by atoms with van der Waals surface area (Å²) in [4.78, 5) is 11.9. The molecule has 2 aromatic rings. The molecule has 0 fully saturated rings. The zero-order valence-corrected chi connectivity index (χ0v) is 10.4. The van der Waals surface area contributed by atoms with Crippen LogP contribution in [0.15, 0.2) is 36.4 Å². The second-order valence-corrected chi connectivity index (χ2v) is 4.27. The Labute approximate surface area is 113 Å². The standard InChI is InChI=1S/C13H10ClFN2O2/c14-10-6-8(2-3-11(10)15)17-13(19)9-5-7(16)1-4-12(9)18/h1-6,18H,16H2,(H,17,19). The van der Waals surface area contributed by atoms with Crippen molar-refractivity contribution in [3.05, 3.63) is 52.8 Å². The Kier molecular flexibility index (Phi) is 3.57. The molecule has 0 aliphatic carbocycles. The average Bonchev–Trinajstić information content (AvgIpc) is 2.36. The highest BCUT2D eigenvalue weighted by atomic mass is 35.5. The summed E-state index contributed by atoms with van der Waals surface area (Å²) in [5.41, 5.74) is 6.23. The molecule has 0 aliphatic rings. The Morgan fingerprint density at radius 3 is 2.68 bits per heavy atom. The van der Waals surface area contributed by atoms with Gasteiger partial charge in [-0.05, 0) is 36.4 Å². The molecule has 1 amide bonds. The number of nitrogens with two attached hydrogens (primary N) is 1. The third-order valence-corrected chi connectivity index (χ3v) is 2.73. The zero-order chi connectivity index (χ0) is 14.0. The van der Waals surface area contributed by atoms with Gasteiger partial charge in [0.25, 0.3) is 5.91 Å². The normalized spacial score (nSPS) is 10.2. The number of carbonyl (C=O) groups excluding carboxylic acids is 1. The molecule has 0 atom stereocenters. The zero-order valence-electron chi connectivity index (χ0n) is 9.65. The van der Waals surface area contributed by atoms with Crippen molar-refractivity contribution in [3.8, 4) is 5.75 Å². The highest BCUT2D eigenvalue weighted by Crippen LogP contribution is 2.23. The SMILES string of the molecule is Nc1ccc(O)c(C(=O)Nc2ccc(F)c(Cl)c2)c1. The van der Waals surface area contributed by atoms with E-state index in [1.54, 1.807) is 0 Å². The summed E-state index contributed by atoms with van der Waals surface area (Å²) < 4.78 is 13.0. The third kappa shape index (κ3) is 2.95. The second kappa shape index (κ2) is 5.16. The van der Waals surface area contributed by atoms with E-state index in [2.05, 4.69) is 5.32 Å². The topological polar surface area (TPSA) is 75.3 Å². The van der Waals surface area contributed by atoms with Gasteiger partial charge in [-0.1, -0.05) is 11.6 Å². The molecule has 4 nitrogen and oxygen atoms in total. The molecule has 19 heavy (non-hydrogen) atoms. The van der Waals surface area contributed by atoms with Crippen LogP contribution in [0.4, 0.5) is 15.8 Å². The van der Waals surface area contributed by atoms with Crippen molar-refractivity contribution in [2.45, 2.75) is 0 Å². The number of anilines is 2. The second-order valence-electron chi connectivity index (χ2n) is 3.86. The van der Waals surface area contributed by atoms with E-state index in [-0.39, 0.29) is 16.3 Å². The van der Waals surface area contributed by atoms with Gasteiger partial charge in [-0.3, -0.25) is 4.79 Å². The molecule has 2 aromatic carbocycles. The van der Waals surface area contributed by atoms with Gasteiger partial charge >= 0.3 is 0 Å². The summed E-state index contributed by atoms with van der Waals surface area (Å²) in [6, 6.07) is 7.91. The molecule has 0 spiro atoms. The van der Waals surface area contributed by atoms with Crippen LogP contribution in [0.5, 0.6) is 5.75 Å². The molecule has 0 saturated carbocycles. The lowest BCUT2D eigenvalue weighted by Crippen LogP contribution is -2.12. The lowest BCUT2D eigenvalue weighted by molar-refractivity contribution is 0.102. The van der Waals surface area contributed by atoms with Crippen LogP contribution >= 0.6 is 11.6 Å². The van der Waals surface area contributed by atoms with Crippen LogP contribution < -0.4 is 11.1 Å². The third-order valence-electron chi connectivity index (χ3n) is 2.44. The largest absolute Gasteiger partial charge is 0.507 e. The van der Waals surface area contributed by atoms with Gasteiger partial charge in [-0.25, -0.2) is 4.39 Å². The van der Waals surface area contributed by atoms with Crippen molar-refractivity contribution in [2.24, 2.45) is 0 Å². The monoisotopic (exact) mass is 280 g/mol. The summed E-state index contributed by atoms with van der Waals surface area (Å²) >= 11 is 5.60. The van der Waals surface area contributed by atoms with Crippen molar-refractivity contribution < 1.29 is 14.3 Å². The number of amides is 1. The highest BCUT2D eigenvalue weighted by Gasteiger charge is 2.12. The fourth-order valence-corrected chi connectivity index (χ4v) is 1.69. The Bertz CT molecular complexity index is 647. The van der Waals surface area contributed by atoms with Gasteiger partial charge in [0.15, 0.2) is 0 Å². The van der Waals surface area contributed by atoms with E-state index in [4.69, 9.17) is 17.3 Å². The van der Waals surface area contributed by atoms with Crippen LogP contribution in [0.2, 0.25) is 5.02 Å². The minimum atomic E-state index is -0.577. The number of nitrogen functional groups attached to an aromatic ring is 1. The number of halogens is 2. The quantitative estimate of drug-likeness (QED) is 0.585. The fraction of sp³-hybridized carbons (Fsp3) is 0. The predicted molar refractivity (Wildman–Crippen MR) is 71.9 cm³/mol. The molecule has 0 saturated heterocycles. The number of benzene rings is 2. The number of hydrogen-bond acceptors (Lipinski definition) is 3. The predicted octanol–water partition coefficient (Wildman–Crippen LogP) is 3.02. The average molecular weight is 281 g/mol. The van der Waals surface area contributed by atoms with E-state index in [1.807, 2.05) is 0 Å².